The molecule has 3 aromatic heterocycles. The minimum absolute atomic E-state index is 0.0688. The lowest BCUT2D eigenvalue weighted by atomic mass is 10.1. The third kappa shape index (κ3) is 6.35. The monoisotopic (exact) mass is 609 g/mol. The van der Waals surface area contributed by atoms with E-state index in [0.717, 1.165) is 10.2 Å². The van der Waals surface area contributed by atoms with Crippen LogP contribution in [0.15, 0.2) is 43.0 Å². The fraction of sp³-hybridized carbons (Fsp3) is 0.379. The second-order valence-electron chi connectivity index (χ2n) is 11.6. The Bertz CT molecular complexity index is 1760. The molecule has 1 aliphatic heterocycles. The number of piperazine rings is 1. The van der Waals surface area contributed by atoms with Gasteiger partial charge in [0.25, 0.3) is 11.8 Å². The molecule has 4 aromatic rings. The summed E-state index contributed by atoms with van der Waals surface area (Å²) in [4.78, 5) is 38.1. The zero-order valence-electron chi connectivity index (χ0n) is 24.8. The Labute approximate surface area is 251 Å². The van der Waals surface area contributed by atoms with E-state index in [-0.39, 0.29) is 35.3 Å². The number of carbonyl (C=O) groups is 2. The third-order valence-corrected chi connectivity index (χ3v) is 7.22. The summed E-state index contributed by atoms with van der Waals surface area (Å²) in [7, 11) is 5.89. The molecular formula is C29H32F3N10O2+. The summed E-state index contributed by atoms with van der Waals surface area (Å²) in [5.74, 6) is 0.243. The second-order valence-corrected chi connectivity index (χ2v) is 11.6. The molecule has 0 atom stereocenters. The van der Waals surface area contributed by atoms with Crippen LogP contribution in [-0.2, 0) is 17.5 Å². The first kappa shape index (κ1) is 30.5. The van der Waals surface area contributed by atoms with Crippen molar-refractivity contribution in [2.75, 3.05) is 59.2 Å². The SMILES string of the molecule is Cc1cc(Nc2nccn3c(-c4cn(CC#N)nc4C(F)(F)F)cnc23)ccc1C(=O)N1CCN(C(=O)C[N+](C)(C)C)CC1. The fourth-order valence-electron chi connectivity index (χ4n) is 5.13. The molecule has 1 aliphatic rings. The quantitative estimate of drug-likeness (QED) is 0.319. The van der Waals surface area contributed by atoms with Crippen molar-refractivity contribution in [3.05, 3.63) is 59.8 Å². The standard InChI is InChI=1S/C29H31F3N10O2/c1-19-15-20(5-6-21(19)28(44)39-13-11-38(12-14-39)24(43)18-42(2,3)4)36-26-27-35-16-23(41(27)10-8-34-26)22-17-40(9-7-33)37-25(22)29(30,31)32/h5-6,8,10,15-17H,9,11-14,18H2,1-4H3/p+1. The molecule has 1 aromatic carbocycles. The topological polar surface area (TPSA) is 124 Å². The highest BCUT2D eigenvalue weighted by molar-refractivity contribution is 5.96. The van der Waals surface area contributed by atoms with Gasteiger partial charge in [0.05, 0.1) is 44.7 Å². The van der Waals surface area contributed by atoms with Gasteiger partial charge in [0.15, 0.2) is 23.7 Å². The molecule has 5 rings (SSSR count). The van der Waals surface area contributed by atoms with E-state index in [1.165, 1.54) is 29.2 Å². The van der Waals surface area contributed by atoms with Crippen LogP contribution in [0, 0.1) is 18.3 Å². The van der Waals surface area contributed by atoms with Gasteiger partial charge in [0.2, 0.25) is 0 Å². The van der Waals surface area contributed by atoms with Crippen LogP contribution >= 0.6 is 0 Å². The maximum absolute atomic E-state index is 13.8. The van der Waals surface area contributed by atoms with Crippen molar-refractivity contribution in [1.82, 2.24) is 33.9 Å². The Morgan fingerprint density at radius 1 is 1.09 bits per heavy atom. The van der Waals surface area contributed by atoms with Gasteiger partial charge in [0.1, 0.15) is 6.54 Å². The number of hydrogen-bond acceptors (Lipinski definition) is 7. The number of fused-ring (bicyclic) bond motifs is 1. The lowest BCUT2D eigenvalue weighted by Gasteiger charge is -2.36. The molecule has 2 amide bonds. The van der Waals surface area contributed by atoms with E-state index in [0.29, 0.717) is 54.3 Å². The predicted molar refractivity (Wildman–Crippen MR) is 155 cm³/mol. The van der Waals surface area contributed by atoms with Crippen molar-refractivity contribution in [3.8, 4) is 17.3 Å². The Morgan fingerprint density at radius 2 is 1.80 bits per heavy atom. The summed E-state index contributed by atoms with van der Waals surface area (Å²) in [6, 6.07) is 7.02. The van der Waals surface area contributed by atoms with E-state index in [1.807, 2.05) is 28.1 Å². The minimum atomic E-state index is -4.73. The number of anilines is 2. The van der Waals surface area contributed by atoms with Crippen LogP contribution in [0.3, 0.4) is 0 Å². The van der Waals surface area contributed by atoms with Crippen LogP contribution in [0.25, 0.3) is 16.9 Å². The van der Waals surface area contributed by atoms with Crippen molar-refractivity contribution in [2.45, 2.75) is 19.6 Å². The van der Waals surface area contributed by atoms with Crippen molar-refractivity contribution < 1.29 is 27.2 Å². The van der Waals surface area contributed by atoms with Crippen molar-refractivity contribution in [2.24, 2.45) is 0 Å². The van der Waals surface area contributed by atoms with E-state index in [4.69, 9.17) is 5.26 Å². The van der Waals surface area contributed by atoms with Gasteiger partial charge >= 0.3 is 6.18 Å². The Kier molecular flexibility index (Phi) is 8.04. The Morgan fingerprint density at radius 3 is 2.43 bits per heavy atom. The maximum Gasteiger partial charge on any atom is 0.435 e. The van der Waals surface area contributed by atoms with Gasteiger partial charge in [-0.05, 0) is 30.7 Å². The van der Waals surface area contributed by atoms with E-state index in [1.54, 1.807) is 34.1 Å². The van der Waals surface area contributed by atoms with E-state index >= 15 is 0 Å². The van der Waals surface area contributed by atoms with Gasteiger partial charge in [-0.1, -0.05) is 0 Å². The number of nitriles is 1. The fourth-order valence-corrected chi connectivity index (χ4v) is 5.13. The number of amides is 2. The number of carbonyl (C=O) groups excluding carboxylic acids is 2. The molecular weight excluding hydrogens is 577 g/mol. The lowest BCUT2D eigenvalue weighted by Crippen LogP contribution is -2.54. The summed E-state index contributed by atoms with van der Waals surface area (Å²) in [5, 5.41) is 15.6. The zero-order valence-corrected chi connectivity index (χ0v) is 24.8. The van der Waals surface area contributed by atoms with E-state index in [9.17, 15) is 22.8 Å². The first-order valence-corrected chi connectivity index (χ1v) is 13.8. The first-order chi connectivity index (χ1) is 20.7. The molecule has 44 heavy (non-hydrogen) atoms. The maximum atomic E-state index is 13.8. The van der Waals surface area contributed by atoms with E-state index < -0.39 is 11.9 Å². The highest BCUT2D eigenvalue weighted by Gasteiger charge is 2.38. The summed E-state index contributed by atoms with van der Waals surface area (Å²) >= 11 is 0. The number of likely N-dealkylation sites (N-methyl/N-ethyl adjacent to an activating group) is 1. The molecule has 230 valence electrons. The molecule has 1 N–H and O–H groups in total. The second kappa shape index (κ2) is 11.6. The van der Waals surface area contributed by atoms with Gasteiger partial charge in [-0.25, -0.2) is 9.97 Å². The van der Waals surface area contributed by atoms with Crippen molar-refractivity contribution in [1.29, 1.82) is 5.26 Å². The molecule has 0 saturated carbocycles. The Hall–Kier alpha value is -4.97. The van der Waals surface area contributed by atoms with Gasteiger partial charge in [0, 0.05) is 56.0 Å². The van der Waals surface area contributed by atoms with Gasteiger partial charge in [-0.3, -0.25) is 18.7 Å². The molecule has 0 unspecified atom stereocenters. The van der Waals surface area contributed by atoms with Crippen LogP contribution in [0.4, 0.5) is 24.7 Å². The van der Waals surface area contributed by atoms with Crippen LogP contribution in [0.2, 0.25) is 0 Å². The number of nitrogens with one attached hydrogen (secondary N) is 1. The number of imidazole rings is 1. The number of aryl methyl sites for hydroxylation is 1. The smallest absolute Gasteiger partial charge is 0.337 e. The number of hydrogen-bond donors (Lipinski definition) is 1. The largest absolute Gasteiger partial charge is 0.435 e. The number of benzene rings is 1. The molecule has 15 heteroatoms. The summed E-state index contributed by atoms with van der Waals surface area (Å²) in [6.07, 6.45) is 0.663. The molecule has 1 fully saturated rings. The highest BCUT2D eigenvalue weighted by atomic mass is 19.4. The van der Waals surface area contributed by atoms with Crippen LogP contribution in [0.5, 0.6) is 0 Å². The van der Waals surface area contributed by atoms with E-state index in [2.05, 4.69) is 20.4 Å². The average molecular weight is 610 g/mol. The normalized spacial score (nSPS) is 14.1. The number of aromatic nitrogens is 5. The first-order valence-electron chi connectivity index (χ1n) is 13.8. The molecule has 0 spiro atoms. The number of rotatable bonds is 7. The molecule has 12 nitrogen and oxygen atoms in total. The summed E-state index contributed by atoms with van der Waals surface area (Å²) in [5.41, 5.74) is 0.947. The number of quaternary nitrogens is 1. The number of nitrogens with zero attached hydrogens (tertiary/aromatic N) is 9. The molecule has 1 saturated heterocycles. The summed E-state index contributed by atoms with van der Waals surface area (Å²) < 4.78 is 44.2. The highest BCUT2D eigenvalue weighted by Crippen LogP contribution is 2.37. The van der Waals surface area contributed by atoms with Gasteiger partial charge in [-0.15, -0.1) is 0 Å². The van der Waals surface area contributed by atoms with Crippen LogP contribution in [0.1, 0.15) is 21.6 Å². The van der Waals surface area contributed by atoms with Crippen LogP contribution in [-0.4, -0.2) is 104 Å². The minimum Gasteiger partial charge on any atom is -0.337 e. The zero-order chi connectivity index (χ0) is 31.8. The predicted octanol–water partition coefficient (Wildman–Crippen LogP) is 3.18. The van der Waals surface area contributed by atoms with Gasteiger partial charge in [-0.2, -0.15) is 23.5 Å². The third-order valence-electron chi connectivity index (χ3n) is 7.22. The van der Waals surface area contributed by atoms with Crippen molar-refractivity contribution in [3.63, 3.8) is 0 Å². The molecule has 0 aliphatic carbocycles. The van der Waals surface area contributed by atoms with Gasteiger partial charge < -0.3 is 19.6 Å². The number of halogens is 3. The average Bonchev–Trinajstić information content (AvgIpc) is 3.57. The van der Waals surface area contributed by atoms with Crippen LogP contribution < -0.4 is 5.32 Å². The van der Waals surface area contributed by atoms with Crippen molar-refractivity contribution >= 4 is 29.0 Å². The Balaban J connectivity index is 1.33. The molecule has 0 bridgehead atoms. The number of alkyl halides is 3. The molecule has 0 radical (unpaired) electrons. The lowest BCUT2D eigenvalue weighted by molar-refractivity contribution is -0.862. The summed E-state index contributed by atoms with van der Waals surface area (Å²) in [6.45, 7) is 3.73. The molecule has 4 heterocycles.